The monoisotopic (exact) mass is 356 g/mol. The third-order valence-electron chi connectivity index (χ3n) is 6.48. The van der Waals surface area contributed by atoms with Crippen LogP contribution in [0.4, 0.5) is 0 Å². The van der Waals surface area contributed by atoms with Gasteiger partial charge in [-0.2, -0.15) is 0 Å². The van der Waals surface area contributed by atoms with Crippen molar-refractivity contribution in [1.29, 1.82) is 0 Å². The molecule has 1 fully saturated rings. The van der Waals surface area contributed by atoms with Crippen molar-refractivity contribution in [3.8, 4) is 0 Å². The van der Waals surface area contributed by atoms with E-state index in [1.807, 2.05) is 6.92 Å². The molecule has 0 aromatic carbocycles. The Bertz CT molecular complexity index is 863. The lowest BCUT2D eigenvalue weighted by molar-refractivity contribution is -0.0905. The fraction of sp³-hybridized carbons (Fsp3) is 0.524. The minimum Gasteiger partial charge on any atom is -0.400 e. The van der Waals surface area contributed by atoms with E-state index in [0.29, 0.717) is 0 Å². The summed E-state index contributed by atoms with van der Waals surface area (Å²) in [5, 5.41) is 17.7. The Kier molecular flexibility index (Phi) is 3.95. The molecule has 5 heteroatoms. The Balaban J connectivity index is 0.000000814. The molecule has 3 aliphatic heterocycles. The van der Waals surface area contributed by atoms with Crippen LogP contribution in [0, 0.1) is 13.8 Å². The van der Waals surface area contributed by atoms with E-state index in [4.69, 9.17) is 9.84 Å². The Morgan fingerprint density at radius 1 is 1.08 bits per heavy atom. The average molecular weight is 356 g/mol. The lowest BCUT2D eigenvalue weighted by atomic mass is 9.75. The van der Waals surface area contributed by atoms with Crippen LogP contribution in [0.15, 0.2) is 30.3 Å². The molecule has 5 rings (SSSR count). The first-order valence-corrected chi connectivity index (χ1v) is 9.31. The van der Waals surface area contributed by atoms with Gasteiger partial charge in [-0.25, -0.2) is 0 Å². The van der Waals surface area contributed by atoms with Gasteiger partial charge in [-0.15, -0.1) is 0 Å². The van der Waals surface area contributed by atoms with Crippen molar-refractivity contribution in [1.82, 2.24) is 9.13 Å². The highest BCUT2D eigenvalue weighted by atomic mass is 16.5. The van der Waals surface area contributed by atoms with Gasteiger partial charge >= 0.3 is 0 Å². The number of fused-ring (bicyclic) bond motifs is 2. The second kappa shape index (κ2) is 5.84. The minimum absolute atomic E-state index is 0.0537. The molecular weight excluding hydrogens is 328 g/mol. The van der Waals surface area contributed by atoms with Gasteiger partial charge in [0, 0.05) is 29.9 Å². The molecule has 5 heterocycles. The Labute approximate surface area is 154 Å². The number of ether oxygens (including phenoxy) is 1. The highest BCUT2D eigenvalue weighted by molar-refractivity contribution is 5.54. The van der Waals surface area contributed by atoms with Crippen LogP contribution in [-0.2, 0) is 4.74 Å². The van der Waals surface area contributed by atoms with Crippen molar-refractivity contribution in [2.24, 2.45) is 0 Å². The molecule has 140 valence electrons. The zero-order chi connectivity index (χ0) is 18.8. The summed E-state index contributed by atoms with van der Waals surface area (Å²) in [6.45, 7) is 8.42. The Hall–Kier alpha value is -1.82. The molecule has 0 spiro atoms. The molecule has 2 aromatic rings. The summed E-state index contributed by atoms with van der Waals surface area (Å²) < 4.78 is 11.5. The fourth-order valence-electron chi connectivity index (χ4n) is 5.42. The maximum Gasteiger partial charge on any atom is 0.123 e. The minimum atomic E-state index is -0.659. The molecule has 4 bridgehead atoms. The average Bonchev–Trinajstić information content (AvgIpc) is 3.21. The number of aryl methyl sites for hydroxylation is 2. The SMILES string of the molecule is CO.Cc1ccc2n1[C@@H]1[C@@H]3O[C@]([C@H](C)O)(C=C2)[C@H]1c1ccc(C)n1[C@@H]3C. The van der Waals surface area contributed by atoms with E-state index >= 15 is 0 Å². The van der Waals surface area contributed by atoms with E-state index in [0.717, 1.165) is 7.11 Å². The molecule has 0 aliphatic carbocycles. The van der Waals surface area contributed by atoms with Crippen LogP contribution < -0.4 is 0 Å². The van der Waals surface area contributed by atoms with Gasteiger partial charge in [-0.05, 0) is 64.1 Å². The van der Waals surface area contributed by atoms with E-state index in [1.54, 1.807) is 0 Å². The van der Waals surface area contributed by atoms with Crippen molar-refractivity contribution in [2.75, 3.05) is 7.11 Å². The molecule has 3 aliphatic rings. The van der Waals surface area contributed by atoms with Crippen molar-refractivity contribution in [3.05, 3.63) is 53.1 Å². The van der Waals surface area contributed by atoms with Gasteiger partial charge < -0.3 is 24.1 Å². The number of nitrogens with zero attached hydrogens (tertiary/aromatic N) is 2. The second-order valence-corrected chi connectivity index (χ2v) is 7.69. The smallest absolute Gasteiger partial charge is 0.123 e. The van der Waals surface area contributed by atoms with Crippen molar-refractivity contribution in [2.45, 2.75) is 63.5 Å². The summed E-state index contributed by atoms with van der Waals surface area (Å²) in [5.41, 5.74) is 4.36. The predicted octanol–water partition coefficient (Wildman–Crippen LogP) is 2.96. The zero-order valence-corrected chi connectivity index (χ0v) is 16.0. The van der Waals surface area contributed by atoms with Crippen LogP contribution in [0.3, 0.4) is 0 Å². The van der Waals surface area contributed by atoms with E-state index < -0.39 is 11.7 Å². The largest absolute Gasteiger partial charge is 0.400 e. The van der Waals surface area contributed by atoms with Gasteiger partial charge in [-0.1, -0.05) is 0 Å². The highest BCUT2D eigenvalue weighted by Gasteiger charge is 2.63. The summed E-state index contributed by atoms with van der Waals surface area (Å²) in [4.78, 5) is 0. The second-order valence-electron chi connectivity index (χ2n) is 7.69. The first-order chi connectivity index (χ1) is 12.5. The normalized spacial score (nSPS) is 34.4. The zero-order valence-electron chi connectivity index (χ0n) is 16.0. The number of hydrogen-bond donors (Lipinski definition) is 2. The van der Waals surface area contributed by atoms with Crippen molar-refractivity contribution in [3.63, 3.8) is 0 Å². The van der Waals surface area contributed by atoms with Crippen LogP contribution >= 0.6 is 0 Å². The van der Waals surface area contributed by atoms with Gasteiger partial charge in [0.1, 0.15) is 11.7 Å². The molecule has 6 atom stereocenters. The van der Waals surface area contributed by atoms with Crippen LogP contribution in [-0.4, -0.2) is 44.3 Å². The molecular formula is C21H28N2O3. The molecule has 0 radical (unpaired) electrons. The maximum atomic E-state index is 10.7. The standard InChI is InChI=1S/C20H24N2O2.CH4O/c1-11-6-8-16-17-18-19(13(3)21(11)16)24-20(17,14(4)23)10-9-15-7-5-12(2)22(15)18;1-2/h5-10,13-14,17-19,23H,1-4H3;2H,1H3/t13-,14+,17+,18+,19-,20+;/m1./s1. The van der Waals surface area contributed by atoms with E-state index in [1.165, 1.54) is 22.8 Å². The summed E-state index contributed by atoms with van der Waals surface area (Å²) in [6.07, 6.45) is 3.72. The van der Waals surface area contributed by atoms with E-state index in [2.05, 4.69) is 66.3 Å². The molecule has 5 nitrogen and oxygen atoms in total. The fourth-order valence-corrected chi connectivity index (χ4v) is 5.42. The van der Waals surface area contributed by atoms with Gasteiger partial charge in [0.15, 0.2) is 0 Å². The lowest BCUT2D eigenvalue weighted by Crippen LogP contribution is -2.44. The molecule has 2 N–H and O–H groups in total. The summed E-state index contributed by atoms with van der Waals surface area (Å²) in [5.74, 6) is 0.121. The first kappa shape index (κ1) is 17.6. The number of aromatic nitrogens is 2. The molecule has 0 saturated carbocycles. The van der Waals surface area contributed by atoms with Gasteiger partial charge in [0.05, 0.1) is 24.1 Å². The lowest BCUT2D eigenvalue weighted by Gasteiger charge is -2.39. The van der Waals surface area contributed by atoms with Crippen molar-refractivity contribution >= 4 is 6.08 Å². The third-order valence-corrected chi connectivity index (χ3v) is 6.48. The third kappa shape index (κ3) is 1.96. The Morgan fingerprint density at radius 3 is 2.42 bits per heavy atom. The quantitative estimate of drug-likeness (QED) is 0.826. The number of aliphatic hydroxyl groups is 2. The van der Waals surface area contributed by atoms with Gasteiger partial charge in [0.25, 0.3) is 0 Å². The van der Waals surface area contributed by atoms with Crippen molar-refractivity contribution < 1.29 is 14.9 Å². The summed E-state index contributed by atoms with van der Waals surface area (Å²) >= 11 is 0. The van der Waals surface area contributed by atoms with Gasteiger partial charge in [-0.3, -0.25) is 0 Å². The molecule has 1 saturated heterocycles. The number of aliphatic hydroxyl groups excluding tert-OH is 2. The van der Waals surface area contributed by atoms with E-state index in [-0.39, 0.29) is 24.1 Å². The van der Waals surface area contributed by atoms with Gasteiger partial charge in [0.2, 0.25) is 0 Å². The van der Waals surface area contributed by atoms with E-state index in [9.17, 15) is 5.11 Å². The number of hydrogen-bond acceptors (Lipinski definition) is 3. The number of rotatable bonds is 1. The summed E-state index contributed by atoms with van der Waals surface area (Å²) in [7, 11) is 1.00. The topological polar surface area (TPSA) is 59.6 Å². The summed E-state index contributed by atoms with van der Waals surface area (Å²) in [6, 6.07) is 9.24. The van der Waals surface area contributed by atoms with Crippen LogP contribution in [0.5, 0.6) is 0 Å². The van der Waals surface area contributed by atoms with Crippen LogP contribution in [0.25, 0.3) is 6.08 Å². The molecule has 0 amide bonds. The predicted molar refractivity (Wildman–Crippen MR) is 101 cm³/mol. The van der Waals surface area contributed by atoms with Crippen LogP contribution in [0.1, 0.15) is 54.6 Å². The molecule has 0 unspecified atom stereocenters. The molecule has 2 aromatic heterocycles. The highest BCUT2D eigenvalue weighted by Crippen LogP contribution is 2.60. The first-order valence-electron chi connectivity index (χ1n) is 9.31. The van der Waals surface area contributed by atoms with Crippen LogP contribution in [0.2, 0.25) is 0 Å². The maximum absolute atomic E-state index is 10.7. The molecule has 26 heavy (non-hydrogen) atoms. The Morgan fingerprint density at radius 2 is 1.73 bits per heavy atom.